The van der Waals surface area contributed by atoms with E-state index in [1.54, 1.807) is 7.05 Å². The lowest BCUT2D eigenvalue weighted by Gasteiger charge is -2.13. The highest BCUT2D eigenvalue weighted by molar-refractivity contribution is 5.93. The second kappa shape index (κ2) is 6.54. The van der Waals surface area contributed by atoms with Crippen molar-refractivity contribution in [3.05, 3.63) is 52.8 Å². The number of aryl methyl sites for hydroxylation is 2. The Kier molecular flexibility index (Phi) is 4.75. The van der Waals surface area contributed by atoms with Gasteiger partial charge in [0.05, 0.1) is 5.69 Å². The van der Waals surface area contributed by atoms with Crippen molar-refractivity contribution in [3.8, 4) is 0 Å². The van der Waals surface area contributed by atoms with E-state index in [2.05, 4.69) is 22.7 Å². The molecule has 1 atom stereocenters. The van der Waals surface area contributed by atoms with Gasteiger partial charge in [0, 0.05) is 44.0 Å². The molecule has 5 heteroatoms. The zero-order chi connectivity index (χ0) is 15.4. The number of amides is 1. The van der Waals surface area contributed by atoms with Gasteiger partial charge < -0.3 is 10.6 Å². The molecule has 2 aromatic rings. The molecule has 0 aliphatic carbocycles. The SMILES string of the molecule is CNC(=O)c1ccc(CNC(C)c2cn(C)nc2C)cc1. The molecule has 0 saturated carbocycles. The number of rotatable bonds is 5. The Morgan fingerprint density at radius 2 is 2.00 bits per heavy atom. The molecule has 2 N–H and O–H groups in total. The summed E-state index contributed by atoms with van der Waals surface area (Å²) < 4.78 is 1.83. The van der Waals surface area contributed by atoms with E-state index in [4.69, 9.17) is 0 Å². The van der Waals surface area contributed by atoms with Crippen molar-refractivity contribution in [1.29, 1.82) is 0 Å². The summed E-state index contributed by atoms with van der Waals surface area (Å²) in [7, 11) is 3.57. The number of aromatic nitrogens is 2. The Labute approximate surface area is 125 Å². The van der Waals surface area contributed by atoms with Crippen LogP contribution in [-0.2, 0) is 13.6 Å². The number of carbonyl (C=O) groups is 1. The van der Waals surface area contributed by atoms with Crippen molar-refractivity contribution >= 4 is 5.91 Å². The van der Waals surface area contributed by atoms with Crippen LogP contribution in [0.2, 0.25) is 0 Å². The quantitative estimate of drug-likeness (QED) is 0.883. The van der Waals surface area contributed by atoms with Crippen LogP contribution in [0.15, 0.2) is 30.5 Å². The molecule has 21 heavy (non-hydrogen) atoms. The van der Waals surface area contributed by atoms with Crippen molar-refractivity contribution in [2.45, 2.75) is 26.4 Å². The summed E-state index contributed by atoms with van der Waals surface area (Å²) in [6.07, 6.45) is 2.04. The molecule has 1 heterocycles. The monoisotopic (exact) mass is 286 g/mol. The number of hydrogen-bond acceptors (Lipinski definition) is 3. The van der Waals surface area contributed by atoms with Crippen molar-refractivity contribution in [3.63, 3.8) is 0 Å². The minimum Gasteiger partial charge on any atom is -0.355 e. The summed E-state index contributed by atoms with van der Waals surface area (Å²) in [4.78, 5) is 11.5. The fourth-order valence-electron chi connectivity index (χ4n) is 2.34. The summed E-state index contributed by atoms with van der Waals surface area (Å²) >= 11 is 0. The van der Waals surface area contributed by atoms with Crippen molar-refractivity contribution in [2.75, 3.05) is 7.05 Å². The Bertz CT molecular complexity index is 616. The van der Waals surface area contributed by atoms with Gasteiger partial charge in [0.1, 0.15) is 0 Å². The normalized spacial score (nSPS) is 12.2. The summed E-state index contributed by atoms with van der Waals surface area (Å²) in [5, 5.41) is 10.5. The Hall–Kier alpha value is -2.14. The van der Waals surface area contributed by atoms with E-state index in [0.717, 1.165) is 17.8 Å². The number of nitrogens with one attached hydrogen (secondary N) is 2. The molecule has 1 aromatic carbocycles. The molecule has 1 aromatic heterocycles. The summed E-state index contributed by atoms with van der Waals surface area (Å²) in [5.74, 6) is -0.0612. The van der Waals surface area contributed by atoms with Gasteiger partial charge in [-0.1, -0.05) is 12.1 Å². The second-order valence-corrected chi connectivity index (χ2v) is 5.22. The molecule has 0 radical (unpaired) electrons. The number of hydrogen-bond donors (Lipinski definition) is 2. The second-order valence-electron chi connectivity index (χ2n) is 5.22. The summed E-state index contributed by atoms with van der Waals surface area (Å²) in [5.41, 5.74) is 4.08. The Balaban J connectivity index is 1.96. The van der Waals surface area contributed by atoms with Crippen LogP contribution in [0.5, 0.6) is 0 Å². The first-order valence-corrected chi connectivity index (χ1v) is 7.05. The first kappa shape index (κ1) is 15.3. The van der Waals surface area contributed by atoms with E-state index in [0.29, 0.717) is 5.56 Å². The molecule has 0 aliphatic rings. The highest BCUT2D eigenvalue weighted by Crippen LogP contribution is 2.16. The predicted octanol–water partition coefficient (Wildman–Crippen LogP) is 1.94. The topological polar surface area (TPSA) is 59.0 Å². The highest BCUT2D eigenvalue weighted by atomic mass is 16.1. The number of nitrogens with zero attached hydrogens (tertiary/aromatic N) is 2. The molecule has 1 amide bonds. The fraction of sp³-hybridized carbons (Fsp3) is 0.375. The third kappa shape index (κ3) is 3.70. The smallest absolute Gasteiger partial charge is 0.251 e. The molecular formula is C16H22N4O. The minimum absolute atomic E-state index is 0.0612. The van der Waals surface area contributed by atoms with Gasteiger partial charge in [-0.15, -0.1) is 0 Å². The average Bonchev–Trinajstić information content (AvgIpc) is 2.83. The van der Waals surface area contributed by atoms with Crippen LogP contribution < -0.4 is 10.6 Å². The number of benzene rings is 1. The molecule has 112 valence electrons. The zero-order valence-electron chi connectivity index (χ0n) is 13.0. The van der Waals surface area contributed by atoms with Gasteiger partial charge in [0.25, 0.3) is 5.91 Å². The van der Waals surface area contributed by atoms with Gasteiger partial charge in [0.2, 0.25) is 0 Å². The lowest BCUT2D eigenvalue weighted by molar-refractivity contribution is 0.0963. The van der Waals surface area contributed by atoms with Gasteiger partial charge in [-0.25, -0.2) is 0 Å². The molecular weight excluding hydrogens is 264 g/mol. The first-order valence-electron chi connectivity index (χ1n) is 7.05. The van der Waals surface area contributed by atoms with Gasteiger partial charge >= 0.3 is 0 Å². The van der Waals surface area contributed by atoms with Crippen molar-refractivity contribution in [2.24, 2.45) is 7.05 Å². The van der Waals surface area contributed by atoms with E-state index in [9.17, 15) is 4.79 Å². The summed E-state index contributed by atoms with van der Waals surface area (Å²) in [6, 6.07) is 7.87. The Morgan fingerprint density at radius 3 is 2.52 bits per heavy atom. The van der Waals surface area contributed by atoms with Crippen LogP contribution >= 0.6 is 0 Å². The lowest BCUT2D eigenvalue weighted by atomic mass is 10.1. The fourth-order valence-corrected chi connectivity index (χ4v) is 2.34. The predicted molar refractivity (Wildman–Crippen MR) is 83.0 cm³/mol. The third-order valence-electron chi connectivity index (χ3n) is 3.57. The van der Waals surface area contributed by atoms with Crippen molar-refractivity contribution in [1.82, 2.24) is 20.4 Å². The maximum Gasteiger partial charge on any atom is 0.251 e. The van der Waals surface area contributed by atoms with Gasteiger partial charge in [0.15, 0.2) is 0 Å². The van der Waals surface area contributed by atoms with Crippen LogP contribution in [-0.4, -0.2) is 22.7 Å². The van der Waals surface area contributed by atoms with Crippen LogP contribution in [0, 0.1) is 6.92 Å². The maximum absolute atomic E-state index is 11.5. The maximum atomic E-state index is 11.5. The molecule has 0 saturated heterocycles. The minimum atomic E-state index is -0.0612. The van der Waals surface area contributed by atoms with E-state index in [-0.39, 0.29) is 11.9 Å². The zero-order valence-corrected chi connectivity index (χ0v) is 13.0. The molecule has 0 spiro atoms. The Morgan fingerprint density at radius 1 is 1.33 bits per heavy atom. The highest BCUT2D eigenvalue weighted by Gasteiger charge is 2.11. The average molecular weight is 286 g/mol. The molecule has 5 nitrogen and oxygen atoms in total. The van der Waals surface area contributed by atoms with Crippen LogP contribution in [0.3, 0.4) is 0 Å². The van der Waals surface area contributed by atoms with Crippen LogP contribution in [0.25, 0.3) is 0 Å². The molecule has 1 unspecified atom stereocenters. The first-order chi connectivity index (χ1) is 10.0. The van der Waals surface area contributed by atoms with Gasteiger partial charge in [-0.05, 0) is 31.5 Å². The number of carbonyl (C=O) groups excluding carboxylic acids is 1. The largest absolute Gasteiger partial charge is 0.355 e. The van der Waals surface area contributed by atoms with Gasteiger partial charge in [-0.2, -0.15) is 5.10 Å². The van der Waals surface area contributed by atoms with Gasteiger partial charge in [-0.3, -0.25) is 9.48 Å². The van der Waals surface area contributed by atoms with E-state index in [1.807, 2.05) is 49.1 Å². The standard InChI is InChI=1S/C16H22N4O/c1-11(15-10-20(4)19-12(15)2)18-9-13-5-7-14(8-6-13)16(21)17-3/h5-8,10-11,18H,9H2,1-4H3,(H,17,21). The summed E-state index contributed by atoms with van der Waals surface area (Å²) in [6.45, 7) is 4.90. The molecule has 0 aliphatic heterocycles. The van der Waals surface area contributed by atoms with Crippen LogP contribution in [0.4, 0.5) is 0 Å². The van der Waals surface area contributed by atoms with E-state index >= 15 is 0 Å². The van der Waals surface area contributed by atoms with Crippen LogP contribution in [0.1, 0.15) is 40.1 Å². The molecule has 0 bridgehead atoms. The molecule has 2 rings (SSSR count). The van der Waals surface area contributed by atoms with Crippen molar-refractivity contribution < 1.29 is 4.79 Å². The third-order valence-corrected chi connectivity index (χ3v) is 3.57. The molecule has 0 fully saturated rings. The van der Waals surface area contributed by atoms with E-state index < -0.39 is 0 Å². The lowest BCUT2D eigenvalue weighted by Crippen LogP contribution is -2.19. The van der Waals surface area contributed by atoms with E-state index in [1.165, 1.54) is 5.56 Å².